The Morgan fingerprint density at radius 1 is 1.03 bits per heavy atom. The minimum absolute atomic E-state index is 0.111. The summed E-state index contributed by atoms with van der Waals surface area (Å²) in [6, 6.07) is 12.1. The number of hydrogen-bond acceptors (Lipinski definition) is 4. The number of aromatic amines is 1. The number of carbonyl (C=O) groups excluding carboxylic acids is 1. The van der Waals surface area contributed by atoms with Crippen molar-refractivity contribution in [1.29, 1.82) is 0 Å². The third-order valence-corrected chi connectivity index (χ3v) is 5.32. The van der Waals surface area contributed by atoms with E-state index < -0.39 is 5.97 Å². The monoisotopic (exact) mass is 432 g/mol. The van der Waals surface area contributed by atoms with Gasteiger partial charge in [0.2, 0.25) is 0 Å². The van der Waals surface area contributed by atoms with Gasteiger partial charge in [0.1, 0.15) is 0 Å². The van der Waals surface area contributed by atoms with Gasteiger partial charge in [0, 0.05) is 14.1 Å². The van der Waals surface area contributed by atoms with E-state index in [1.165, 1.54) is 4.68 Å². The lowest BCUT2D eigenvalue weighted by molar-refractivity contribution is 0.0378. The second kappa shape index (κ2) is 7.88. The predicted molar refractivity (Wildman–Crippen MR) is 123 cm³/mol. The molecule has 32 heavy (non-hydrogen) atoms. The number of nitrogens with one attached hydrogen (secondary N) is 1. The molecule has 0 radical (unpaired) electrons. The molecule has 0 aliphatic heterocycles. The normalized spacial score (nSPS) is 12.1. The number of ether oxygens (including phenoxy) is 1. The van der Waals surface area contributed by atoms with Crippen LogP contribution in [-0.4, -0.2) is 31.0 Å². The van der Waals surface area contributed by atoms with E-state index in [9.17, 15) is 14.4 Å². The Hall–Kier alpha value is -4.07. The Morgan fingerprint density at radius 2 is 1.69 bits per heavy atom. The lowest BCUT2D eigenvalue weighted by Gasteiger charge is -2.08. The molecule has 4 rings (SSSR count). The standard InChI is InChI=1S/C24H24N4O4/c1-14(2)32-23(30)17-7-9-18(10-8-17)28-22(29)19(15(3)25-28)12-16-6-11-20-21(13-16)27(5)24(31)26(20)4/h6-14,25H,3H2,1-2,4-5H3. The first kappa shape index (κ1) is 21.2. The highest BCUT2D eigenvalue weighted by atomic mass is 16.5. The highest BCUT2D eigenvalue weighted by molar-refractivity contribution is 5.89. The van der Waals surface area contributed by atoms with Crippen LogP contribution in [0.5, 0.6) is 0 Å². The number of nitrogens with zero attached hydrogens (tertiary/aromatic N) is 3. The third-order valence-electron chi connectivity index (χ3n) is 5.32. The second-order valence-electron chi connectivity index (χ2n) is 7.94. The van der Waals surface area contributed by atoms with E-state index in [-0.39, 0.29) is 17.4 Å². The van der Waals surface area contributed by atoms with Crippen molar-refractivity contribution < 1.29 is 9.53 Å². The summed E-state index contributed by atoms with van der Waals surface area (Å²) in [4.78, 5) is 37.3. The van der Waals surface area contributed by atoms with E-state index in [0.717, 1.165) is 16.6 Å². The Kier molecular flexibility index (Phi) is 5.22. The molecule has 8 nitrogen and oxygen atoms in total. The van der Waals surface area contributed by atoms with Gasteiger partial charge in [-0.1, -0.05) is 12.6 Å². The van der Waals surface area contributed by atoms with E-state index in [4.69, 9.17) is 4.74 Å². The van der Waals surface area contributed by atoms with Crippen LogP contribution in [0.3, 0.4) is 0 Å². The van der Waals surface area contributed by atoms with Crippen LogP contribution in [0, 0.1) is 0 Å². The maximum Gasteiger partial charge on any atom is 0.338 e. The summed E-state index contributed by atoms with van der Waals surface area (Å²) in [7, 11) is 3.44. The largest absolute Gasteiger partial charge is 0.459 e. The molecule has 0 amide bonds. The quantitative estimate of drug-likeness (QED) is 0.490. The van der Waals surface area contributed by atoms with Gasteiger partial charge in [-0.05, 0) is 61.9 Å². The maximum atomic E-state index is 13.1. The lowest BCUT2D eigenvalue weighted by Crippen LogP contribution is -2.33. The number of imidazole rings is 1. The van der Waals surface area contributed by atoms with Crippen LogP contribution in [0.25, 0.3) is 29.4 Å². The fraction of sp³-hybridized carbons (Fsp3) is 0.208. The number of carbonyl (C=O) groups is 1. The number of esters is 1. The molecule has 0 bridgehead atoms. The van der Waals surface area contributed by atoms with Gasteiger partial charge in [-0.15, -0.1) is 0 Å². The number of aromatic nitrogens is 4. The van der Waals surface area contributed by atoms with Gasteiger partial charge < -0.3 is 4.74 Å². The Bertz CT molecular complexity index is 1560. The van der Waals surface area contributed by atoms with Gasteiger partial charge in [-0.2, -0.15) is 0 Å². The molecule has 0 fully saturated rings. The average molecular weight is 432 g/mol. The number of H-pyrrole nitrogens is 1. The first-order chi connectivity index (χ1) is 15.2. The number of fused-ring (bicyclic) bond motifs is 1. The van der Waals surface area contributed by atoms with Gasteiger partial charge in [0.25, 0.3) is 5.56 Å². The minimum Gasteiger partial charge on any atom is -0.459 e. The summed E-state index contributed by atoms with van der Waals surface area (Å²) in [6.07, 6.45) is 1.53. The summed E-state index contributed by atoms with van der Waals surface area (Å²) in [5.74, 6) is -0.414. The zero-order valence-corrected chi connectivity index (χ0v) is 18.4. The molecule has 0 atom stereocenters. The summed E-state index contributed by atoms with van der Waals surface area (Å²) in [5, 5.41) is 3.85. The Morgan fingerprint density at radius 3 is 2.34 bits per heavy atom. The van der Waals surface area contributed by atoms with E-state index in [0.29, 0.717) is 21.8 Å². The van der Waals surface area contributed by atoms with Crippen LogP contribution in [0.15, 0.2) is 52.1 Å². The minimum atomic E-state index is -0.414. The molecular formula is C24H24N4O4. The Balaban J connectivity index is 1.75. The fourth-order valence-corrected chi connectivity index (χ4v) is 3.64. The van der Waals surface area contributed by atoms with Crippen LogP contribution in [-0.2, 0) is 18.8 Å². The zero-order valence-electron chi connectivity index (χ0n) is 18.4. The SMILES string of the molecule is C=c1[nH]n(-c2ccc(C(=O)OC(C)C)cc2)c(=O)c1=Cc1ccc2c(c1)n(C)c(=O)n2C. The van der Waals surface area contributed by atoms with Crippen molar-refractivity contribution in [2.45, 2.75) is 20.0 Å². The van der Waals surface area contributed by atoms with Crippen molar-refractivity contribution in [3.05, 3.63) is 85.0 Å². The maximum absolute atomic E-state index is 13.1. The first-order valence-electron chi connectivity index (χ1n) is 10.2. The molecule has 4 aromatic rings. The van der Waals surface area contributed by atoms with Gasteiger partial charge in [-0.25, -0.2) is 14.3 Å². The third kappa shape index (κ3) is 3.60. The first-order valence-corrected chi connectivity index (χ1v) is 10.2. The molecule has 2 aromatic carbocycles. The molecule has 0 aliphatic rings. The van der Waals surface area contributed by atoms with Crippen LogP contribution in [0.2, 0.25) is 0 Å². The van der Waals surface area contributed by atoms with Crippen LogP contribution in [0.4, 0.5) is 0 Å². The van der Waals surface area contributed by atoms with Crippen molar-refractivity contribution in [3.63, 3.8) is 0 Å². The smallest absolute Gasteiger partial charge is 0.338 e. The summed E-state index contributed by atoms with van der Waals surface area (Å²) in [5.41, 5.74) is 2.96. The number of rotatable bonds is 4. The zero-order chi connectivity index (χ0) is 23.2. The van der Waals surface area contributed by atoms with Crippen molar-refractivity contribution in [2.24, 2.45) is 14.1 Å². The van der Waals surface area contributed by atoms with Gasteiger partial charge in [-0.3, -0.25) is 19.0 Å². The number of benzene rings is 2. The Labute approximate surface area is 183 Å². The van der Waals surface area contributed by atoms with Crippen LogP contribution >= 0.6 is 0 Å². The molecule has 8 heteroatoms. The molecule has 0 unspecified atom stereocenters. The summed E-state index contributed by atoms with van der Waals surface area (Å²) in [6.45, 7) is 7.53. The van der Waals surface area contributed by atoms with Gasteiger partial charge in [0.15, 0.2) is 0 Å². The molecular weight excluding hydrogens is 408 g/mol. The molecule has 0 saturated carbocycles. The van der Waals surface area contributed by atoms with Crippen molar-refractivity contribution in [2.75, 3.05) is 0 Å². The molecule has 164 valence electrons. The molecule has 2 heterocycles. The topological polar surface area (TPSA) is 91.0 Å². The molecule has 0 aliphatic carbocycles. The molecule has 1 N–H and O–H groups in total. The van der Waals surface area contributed by atoms with Crippen LogP contribution < -0.4 is 21.8 Å². The van der Waals surface area contributed by atoms with Crippen molar-refractivity contribution in [3.8, 4) is 5.69 Å². The number of aryl methyl sites for hydroxylation is 2. The van der Waals surface area contributed by atoms with Crippen molar-refractivity contribution in [1.82, 2.24) is 18.9 Å². The predicted octanol–water partition coefficient (Wildman–Crippen LogP) is 1.16. The lowest BCUT2D eigenvalue weighted by atomic mass is 10.1. The van der Waals surface area contributed by atoms with E-state index in [2.05, 4.69) is 11.7 Å². The highest BCUT2D eigenvalue weighted by Gasteiger charge is 2.11. The second-order valence-corrected chi connectivity index (χ2v) is 7.94. The number of hydrogen-bond donors (Lipinski definition) is 1. The van der Waals surface area contributed by atoms with Crippen LogP contribution in [0.1, 0.15) is 29.8 Å². The van der Waals surface area contributed by atoms with Crippen molar-refractivity contribution >= 4 is 29.7 Å². The highest BCUT2D eigenvalue weighted by Crippen LogP contribution is 2.14. The molecule has 2 aromatic heterocycles. The average Bonchev–Trinajstić information content (AvgIpc) is 3.16. The fourth-order valence-electron chi connectivity index (χ4n) is 3.64. The van der Waals surface area contributed by atoms with Gasteiger partial charge in [0.05, 0.1) is 39.0 Å². The summed E-state index contributed by atoms with van der Waals surface area (Å²) >= 11 is 0. The molecule has 0 spiro atoms. The van der Waals surface area contributed by atoms with E-state index in [1.807, 2.05) is 18.2 Å². The van der Waals surface area contributed by atoms with Gasteiger partial charge >= 0.3 is 11.7 Å². The molecule has 0 saturated heterocycles. The van der Waals surface area contributed by atoms with E-state index in [1.54, 1.807) is 67.4 Å². The summed E-state index contributed by atoms with van der Waals surface area (Å²) < 4.78 is 9.72. The van der Waals surface area contributed by atoms with E-state index >= 15 is 0 Å².